The summed E-state index contributed by atoms with van der Waals surface area (Å²) in [6.45, 7) is 13.0. The van der Waals surface area contributed by atoms with Crippen LogP contribution in [0.5, 0.6) is 0 Å². The summed E-state index contributed by atoms with van der Waals surface area (Å²) in [7, 11) is 0. The number of nitrogens with one attached hydrogen (secondary N) is 1. The Labute approximate surface area is 245 Å². The van der Waals surface area contributed by atoms with Crippen LogP contribution in [0.25, 0.3) is 0 Å². The second kappa shape index (κ2) is 16.6. The van der Waals surface area contributed by atoms with Gasteiger partial charge in [-0.3, -0.25) is 9.59 Å². The van der Waals surface area contributed by atoms with E-state index in [1.165, 1.54) is 43.5 Å². The summed E-state index contributed by atoms with van der Waals surface area (Å²) >= 11 is 0. The lowest BCUT2D eigenvalue weighted by Crippen LogP contribution is -2.49. The number of fused-ring (bicyclic) bond motifs is 3. The number of carbonyl (C=O) groups is 4. The molecule has 0 aliphatic heterocycles. The van der Waals surface area contributed by atoms with Crippen LogP contribution in [0, 0.1) is 40.9 Å². The molecule has 4 rings (SSSR count). The highest BCUT2D eigenvalue weighted by Gasteiger charge is 2.51. The molecule has 0 aromatic carbocycles. The molecule has 7 atom stereocenters. The summed E-state index contributed by atoms with van der Waals surface area (Å²) in [5.41, 5.74) is 1.12. The molecular formula is C31H52N4O6. The highest BCUT2D eigenvalue weighted by atomic mass is 16.5. The number of aromatic nitrogens is 3. The Morgan fingerprint density at radius 1 is 1.17 bits per heavy atom. The van der Waals surface area contributed by atoms with Gasteiger partial charge >= 0.3 is 5.97 Å². The third-order valence-corrected chi connectivity index (χ3v) is 9.38. The van der Waals surface area contributed by atoms with E-state index in [0.717, 1.165) is 41.3 Å². The van der Waals surface area contributed by atoms with E-state index in [4.69, 9.17) is 9.90 Å². The Kier molecular flexibility index (Phi) is 13.9. The van der Waals surface area contributed by atoms with E-state index >= 15 is 0 Å². The number of aliphatic carboxylic acids is 1. The number of aldehydes is 1. The molecule has 3 aliphatic rings. The predicted molar refractivity (Wildman–Crippen MR) is 155 cm³/mol. The van der Waals surface area contributed by atoms with Crippen LogP contribution in [0.1, 0.15) is 105 Å². The van der Waals surface area contributed by atoms with E-state index in [1.807, 2.05) is 13.8 Å². The molecule has 6 unspecified atom stereocenters. The lowest BCUT2D eigenvalue weighted by Gasteiger charge is -2.58. The number of hydrogen-bond acceptors (Lipinski definition) is 7. The van der Waals surface area contributed by atoms with Crippen molar-refractivity contribution in [1.29, 1.82) is 0 Å². The topological polar surface area (TPSA) is 140 Å². The smallest absolute Gasteiger partial charge is 0.326 e. The fourth-order valence-corrected chi connectivity index (χ4v) is 7.68. The van der Waals surface area contributed by atoms with Crippen LogP contribution in [-0.4, -0.2) is 50.8 Å². The molecule has 0 spiro atoms. The van der Waals surface area contributed by atoms with Gasteiger partial charge < -0.3 is 20.0 Å². The van der Waals surface area contributed by atoms with Gasteiger partial charge in [-0.25, -0.2) is 9.48 Å². The van der Waals surface area contributed by atoms with Gasteiger partial charge in [-0.1, -0.05) is 59.1 Å². The van der Waals surface area contributed by atoms with Gasteiger partial charge in [0.05, 0.1) is 6.20 Å². The molecule has 10 heteroatoms. The standard InChI is InChI=1S/C17H30.C12H18N4O5.C2H4O/c1-12-6-8-16-14(11-12)7-9-15-13(2)5-4-10-17(15,16)3;1-8(2)3-10(12(19)20)13-11(18)5-16-4-9(14-15-16)6-21-7-17;1-2-3/h12-16H,4-11H2,1-3H3;4,7-8,10H,3,5-6H2,1-2H3,(H,13,18)(H,19,20);2H,1H3/t12?,13?,14?,15?,16?,17-;;/m1../s1. The summed E-state index contributed by atoms with van der Waals surface area (Å²) in [6.07, 6.45) is 14.8. The maximum atomic E-state index is 11.8. The van der Waals surface area contributed by atoms with Gasteiger partial charge in [0.15, 0.2) is 0 Å². The van der Waals surface area contributed by atoms with Gasteiger partial charge in [0.1, 0.15) is 31.2 Å². The number of rotatable bonds is 9. The summed E-state index contributed by atoms with van der Waals surface area (Å²) in [4.78, 5) is 41.7. The Hall–Kier alpha value is -2.78. The fraction of sp³-hybridized carbons (Fsp3) is 0.806. The summed E-state index contributed by atoms with van der Waals surface area (Å²) in [5, 5.41) is 18.9. The predicted octanol–water partition coefficient (Wildman–Crippen LogP) is 5.05. The zero-order valence-electron chi connectivity index (χ0n) is 25.9. The zero-order chi connectivity index (χ0) is 30.6. The molecule has 0 bridgehead atoms. The lowest BCUT2D eigenvalue weighted by atomic mass is 9.47. The van der Waals surface area contributed by atoms with Crippen molar-refractivity contribution < 1.29 is 29.0 Å². The van der Waals surface area contributed by atoms with Crippen LogP contribution in [0.2, 0.25) is 0 Å². The minimum atomic E-state index is -1.07. The van der Waals surface area contributed by atoms with Gasteiger partial charge in [-0.05, 0) is 86.4 Å². The number of ether oxygens (including phenoxy) is 1. The monoisotopic (exact) mass is 576 g/mol. The van der Waals surface area contributed by atoms with E-state index < -0.39 is 17.9 Å². The van der Waals surface area contributed by atoms with Crippen molar-refractivity contribution in [1.82, 2.24) is 20.3 Å². The minimum Gasteiger partial charge on any atom is -0.480 e. The quantitative estimate of drug-likeness (QED) is 0.389. The van der Waals surface area contributed by atoms with Gasteiger partial charge in [-0.15, -0.1) is 5.10 Å². The molecule has 232 valence electrons. The van der Waals surface area contributed by atoms with Crippen LogP contribution < -0.4 is 5.32 Å². The van der Waals surface area contributed by atoms with E-state index in [1.54, 1.807) is 25.7 Å². The van der Waals surface area contributed by atoms with Crippen molar-refractivity contribution in [3.63, 3.8) is 0 Å². The SMILES string of the molecule is CC(C)CC(NC(=O)Cn1cc(COC=O)nn1)C(=O)O.CC1CCC2C(CCC3C(C)CCC[C@]32C)C1.CC=O. The first-order valence-electron chi connectivity index (χ1n) is 15.3. The molecule has 1 heterocycles. The number of carboxylic acids is 1. The summed E-state index contributed by atoms with van der Waals surface area (Å²) in [5.74, 6) is 3.85. The van der Waals surface area contributed by atoms with Crippen LogP contribution in [0.15, 0.2) is 6.20 Å². The molecule has 41 heavy (non-hydrogen) atoms. The van der Waals surface area contributed by atoms with Crippen molar-refractivity contribution in [3.8, 4) is 0 Å². The highest BCUT2D eigenvalue weighted by Crippen LogP contribution is 2.60. The average Bonchev–Trinajstić information content (AvgIpc) is 3.34. The van der Waals surface area contributed by atoms with Gasteiger partial charge in [0.2, 0.25) is 5.91 Å². The van der Waals surface area contributed by atoms with Gasteiger partial charge in [-0.2, -0.15) is 0 Å². The third kappa shape index (κ3) is 10.2. The van der Waals surface area contributed by atoms with E-state index in [-0.39, 0.29) is 25.5 Å². The minimum absolute atomic E-state index is 0.0315. The Morgan fingerprint density at radius 3 is 2.49 bits per heavy atom. The molecular weight excluding hydrogens is 524 g/mol. The van der Waals surface area contributed by atoms with E-state index in [0.29, 0.717) is 12.1 Å². The van der Waals surface area contributed by atoms with Crippen LogP contribution in [-0.2, 0) is 37.1 Å². The Bertz CT molecular complexity index is 982. The van der Waals surface area contributed by atoms with Crippen molar-refractivity contribution in [2.75, 3.05) is 0 Å². The second-order valence-corrected chi connectivity index (χ2v) is 13.0. The Morgan fingerprint density at radius 2 is 1.85 bits per heavy atom. The van der Waals surface area contributed by atoms with Crippen LogP contribution >= 0.6 is 0 Å². The fourth-order valence-electron chi connectivity index (χ4n) is 7.68. The van der Waals surface area contributed by atoms with Gasteiger partial charge in [0, 0.05) is 0 Å². The molecule has 1 amide bonds. The normalized spacial score (nSPS) is 29.2. The number of carbonyl (C=O) groups excluding carboxylic acids is 3. The average molecular weight is 577 g/mol. The number of hydrogen-bond donors (Lipinski definition) is 2. The molecule has 1 aromatic heterocycles. The highest BCUT2D eigenvalue weighted by molar-refractivity contribution is 5.83. The largest absolute Gasteiger partial charge is 0.480 e. The zero-order valence-corrected chi connectivity index (χ0v) is 25.9. The van der Waals surface area contributed by atoms with Crippen LogP contribution in [0.4, 0.5) is 0 Å². The van der Waals surface area contributed by atoms with Gasteiger partial charge in [0.25, 0.3) is 6.47 Å². The molecule has 1 aromatic rings. The lowest BCUT2D eigenvalue weighted by molar-refractivity contribution is -0.142. The first kappa shape index (κ1) is 34.4. The van der Waals surface area contributed by atoms with Crippen molar-refractivity contribution in [2.24, 2.45) is 40.9 Å². The molecule has 3 aliphatic carbocycles. The van der Waals surface area contributed by atoms with Crippen LogP contribution in [0.3, 0.4) is 0 Å². The number of nitrogens with zero attached hydrogens (tertiary/aromatic N) is 3. The first-order valence-corrected chi connectivity index (χ1v) is 15.3. The summed E-state index contributed by atoms with van der Waals surface area (Å²) < 4.78 is 5.75. The molecule has 0 radical (unpaired) electrons. The van der Waals surface area contributed by atoms with Crippen molar-refractivity contribution in [2.45, 2.75) is 119 Å². The molecule has 3 saturated carbocycles. The van der Waals surface area contributed by atoms with Crippen molar-refractivity contribution in [3.05, 3.63) is 11.9 Å². The third-order valence-electron chi connectivity index (χ3n) is 9.38. The number of carboxylic acid groups (broad SMARTS) is 1. The molecule has 10 nitrogen and oxygen atoms in total. The maximum absolute atomic E-state index is 11.8. The molecule has 2 N–H and O–H groups in total. The Balaban J connectivity index is 0.000000265. The first-order chi connectivity index (χ1) is 19.4. The maximum Gasteiger partial charge on any atom is 0.326 e. The van der Waals surface area contributed by atoms with E-state index in [9.17, 15) is 14.4 Å². The molecule has 3 fully saturated rings. The van der Waals surface area contributed by atoms with Crippen molar-refractivity contribution >= 4 is 24.6 Å². The summed E-state index contributed by atoms with van der Waals surface area (Å²) in [6, 6.07) is -0.932. The van der Waals surface area contributed by atoms with E-state index in [2.05, 4.69) is 41.1 Å². The second-order valence-electron chi connectivity index (χ2n) is 13.0. The molecule has 0 saturated heterocycles. The number of amides is 1.